The zero-order valence-corrected chi connectivity index (χ0v) is 25.2. The molecule has 1 amide bonds. The van der Waals surface area contributed by atoms with Gasteiger partial charge in [0.25, 0.3) is 5.91 Å². The Hall–Kier alpha value is -4.69. The van der Waals surface area contributed by atoms with E-state index in [4.69, 9.17) is 16.6 Å². The molecule has 0 unspecified atom stereocenters. The number of benzene rings is 3. The van der Waals surface area contributed by atoms with Crippen molar-refractivity contribution in [1.29, 1.82) is 0 Å². The quantitative estimate of drug-likeness (QED) is 0.148. The summed E-state index contributed by atoms with van der Waals surface area (Å²) in [5, 5.41) is 9.09. The van der Waals surface area contributed by atoms with E-state index < -0.39 is 40.7 Å². The van der Waals surface area contributed by atoms with E-state index in [1.54, 1.807) is 6.07 Å². The fraction of sp³-hybridized carbons (Fsp3) is 0.250. The van der Waals surface area contributed by atoms with Crippen LogP contribution in [0.15, 0.2) is 60.8 Å². The number of nitrogens with one attached hydrogen (secondary N) is 3. The van der Waals surface area contributed by atoms with Crippen molar-refractivity contribution in [1.82, 2.24) is 24.8 Å². The summed E-state index contributed by atoms with van der Waals surface area (Å²) in [5.74, 6) is -3.18. The van der Waals surface area contributed by atoms with Crippen LogP contribution in [-0.2, 0) is 19.3 Å². The first-order chi connectivity index (χ1) is 22.5. The standard InChI is InChI=1S/C32H26ClF6N7O/c33-23-12-20(43-30(47)22-6-4-19(11-25(22)35)32(37,38)39)5-7-21(23)28-44-27-15-42-31(41-14-17-3-8-24(34)26(36)10-17)45-29(27)46(28)16-18-2-1-9-40-13-18/h3-8,10-12,15,18,40H,1-2,9,13-14,16H2,(H,43,47)(H,41,42,45)/t18-/m1/s1. The molecule has 0 bridgehead atoms. The lowest BCUT2D eigenvalue weighted by Gasteiger charge is -2.24. The van der Waals surface area contributed by atoms with Crippen molar-refractivity contribution in [3.8, 4) is 11.4 Å². The molecule has 0 aliphatic carbocycles. The van der Waals surface area contributed by atoms with Gasteiger partial charge in [-0.15, -0.1) is 0 Å². The van der Waals surface area contributed by atoms with E-state index in [1.807, 2.05) is 4.57 Å². The summed E-state index contributed by atoms with van der Waals surface area (Å²) in [4.78, 5) is 26.5. The number of hydrogen-bond donors (Lipinski definition) is 3. The van der Waals surface area contributed by atoms with Crippen LogP contribution in [0.2, 0.25) is 5.02 Å². The van der Waals surface area contributed by atoms with Crippen LogP contribution in [0.25, 0.3) is 22.6 Å². The van der Waals surface area contributed by atoms with Crippen LogP contribution in [0.3, 0.4) is 0 Å². The van der Waals surface area contributed by atoms with E-state index in [1.165, 1.54) is 24.4 Å². The Balaban J connectivity index is 1.28. The summed E-state index contributed by atoms with van der Waals surface area (Å²) in [7, 11) is 0. The molecule has 1 saturated heterocycles. The van der Waals surface area contributed by atoms with E-state index in [0.717, 1.165) is 44.1 Å². The second-order valence-corrected chi connectivity index (χ2v) is 11.5. The van der Waals surface area contributed by atoms with Crippen molar-refractivity contribution in [3.05, 3.63) is 100.0 Å². The number of anilines is 2. The predicted octanol–water partition coefficient (Wildman–Crippen LogP) is 7.45. The van der Waals surface area contributed by atoms with E-state index in [9.17, 15) is 31.1 Å². The van der Waals surface area contributed by atoms with E-state index in [-0.39, 0.29) is 35.2 Å². The first-order valence-electron chi connectivity index (χ1n) is 14.6. The topological polar surface area (TPSA) is 96.8 Å². The minimum Gasteiger partial charge on any atom is -0.350 e. The van der Waals surface area contributed by atoms with Gasteiger partial charge in [-0.2, -0.15) is 18.2 Å². The fourth-order valence-electron chi connectivity index (χ4n) is 5.40. The van der Waals surface area contributed by atoms with E-state index in [2.05, 4.69) is 25.9 Å². The minimum absolute atomic E-state index is 0.144. The number of imidazole rings is 1. The number of aromatic nitrogens is 4. The van der Waals surface area contributed by atoms with Gasteiger partial charge in [-0.3, -0.25) is 4.79 Å². The van der Waals surface area contributed by atoms with Crippen LogP contribution in [0.1, 0.15) is 34.3 Å². The number of hydrogen-bond acceptors (Lipinski definition) is 6. The molecule has 1 fully saturated rings. The number of carbonyl (C=O) groups excluding carboxylic acids is 1. The van der Waals surface area contributed by atoms with Gasteiger partial charge >= 0.3 is 6.18 Å². The highest BCUT2D eigenvalue weighted by molar-refractivity contribution is 6.33. The monoisotopic (exact) mass is 673 g/mol. The lowest BCUT2D eigenvalue weighted by atomic mass is 9.99. The zero-order valence-electron chi connectivity index (χ0n) is 24.4. The molecule has 0 spiro atoms. The summed E-state index contributed by atoms with van der Waals surface area (Å²) in [6.45, 7) is 2.39. The third-order valence-corrected chi connectivity index (χ3v) is 8.08. The molecule has 3 aromatic carbocycles. The largest absolute Gasteiger partial charge is 0.416 e. The SMILES string of the molecule is O=C(Nc1ccc(-c2nc3cnc(NCc4ccc(F)c(F)c4)nc3n2C[C@@H]2CCCNC2)c(Cl)c1)c1ccc(C(F)(F)F)cc1F. The number of amides is 1. The molecule has 0 radical (unpaired) electrons. The highest BCUT2D eigenvalue weighted by Crippen LogP contribution is 2.34. The molecular weight excluding hydrogens is 648 g/mol. The molecule has 1 atom stereocenters. The number of rotatable bonds is 8. The first-order valence-corrected chi connectivity index (χ1v) is 14.9. The third kappa shape index (κ3) is 7.18. The molecule has 8 nitrogen and oxygen atoms in total. The molecule has 1 aliphatic heterocycles. The van der Waals surface area contributed by atoms with Gasteiger partial charge in [-0.05, 0) is 85.9 Å². The van der Waals surface area contributed by atoms with Crippen LogP contribution in [0.5, 0.6) is 0 Å². The molecule has 5 aromatic rings. The maximum absolute atomic E-state index is 14.4. The normalized spacial score (nSPS) is 15.2. The van der Waals surface area contributed by atoms with E-state index >= 15 is 0 Å². The molecule has 0 saturated carbocycles. The van der Waals surface area contributed by atoms with Gasteiger partial charge in [-0.1, -0.05) is 17.7 Å². The van der Waals surface area contributed by atoms with Crippen LogP contribution in [0, 0.1) is 23.4 Å². The highest BCUT2D eigenvalue weighted by Gasteiger charge is 2.32. The molecule has 15 heteroatoms. The lowest BCUT2D eigenvalue weighted by molar-refractivity contribution is -0.137. The average Bonchev–Trinajstić information content (AvgIpc) is 3.38. The predicted molar refractivity (Wildman–Crippen MR) is 164 cm³/mol. The Morgan fingerprint density at radius 3 is 2.53 bits per heavy atom. The van der Waals surface area contributed by atoms with Crippen molar-refractivity contribution in [2.24, 2.45) is 5.92 Å². The van der Waals surface area contributed by atoms with Crippen molar-refractivity contribution in [2.75, 3.05) is 23.7 Å². The van der Waals surface area contributed by atoms with Gasteiger partial charge in [0, 0.05) is 24.3 Å². The van der Waals surface area contributed by atoms with Gasteiger partial charge in [-0.25, -0.2) is 23.1 Å². The smallest absolute Gasteiger partial charge is 0.350 e. The van der Waals surface area contributed by atoms with Crippen LogP contribution < -0.4 is 16.0 Å². The molecule has 6 rings (SSSR count). The van der Waals surface area contributed by atoms with Gasteiger partial charge in [0.2, 0.25) is 5.95 Å². The number of alkyl halides is 3. The van der Waals surface area contributed by atoms with Gasteiger partial charge < -0.3 is 20.5 Å². The second-order valence-electron chi connectivity index (χ2n) is 11.1. The molecule has 2 aromatic heterocycles. The molecule has 244 valence electrons. The van der Waals surface area contributed by atoms with Gasteiger partial charge in [0.1, 0.15) is 17.2 Å². The van der Waals surface area contributed by atoms with Crippen molar-refractivity contribution < 1.29 is 31.1 Å². The molecular formula is C32H26ClF6N7O. The molecule has 3 N–H and O–H groups in total. The Morgan fingerprint density at radius 1 is 1.00 bits per heavy atom. The summed E-state index contributed by atoms with van der Waals surface area (Å²) in [6.07, 6.45) is -1.25. The Bertz CT molecular complexity index is 1960. The maximum atomic E-state index is 14.4. The molecule has 1 aliphatic rings. The number of piperidine rings is 1. The number of nitrogens with zero attached hydrogens (tertiary/aromatic N) is 4. The minimum atomic E-state index is -4.75. The zero-order chi connectivity index (χ0) is 33.3. The molecule has 3 heterocycles. The van der Waals surface area contributed by atoms with Crippen molar-refractivity contribution in [2.45, 2.75) is 32.1 Å². The van der Waals surface area contributed by atoms with Crippen LogP contribution in [0.4, 0.5) is 38.0 Å². The maximum Gasteiger partial charge on any atom is 0.416 e. The van der Waals surface area contributed by atoms with Gasteiger partial charge in [0.05, 0.1) is 22.3 Å². The van der Waals surface area contributed by atoms with Gasteiger partial charge in [0.15, 0.2) is 17.3 Å². The average molecular weight is 674 g/mol. The molecule has 47 heavy (non-hydrogen) atoms. The summed E-state index contributed by atoms with van der Waals surface area (Å²) in [5.41, 5.74) is 0.410. The van der Waals surface area contributed by atoms with Crippen molar-refractivity contribution in [3.63, 3.8) is 0 Å². The van der Waals surface area contributed by atoms with Crippen LogP contribution in [-0.4, -0.2) is 38.5 Å². The summed E-state index contributed by atoms with van der Waals surface area (Å²) in [6, 6.07) is 9.84. The third-order valence-electron chi connectivity index (χ3n) is 7.77. The summed E-state index contributed by atoms with van der Waals surface area (Å²) < 4.78 is 82.1. The lowest BCUT2D eigenvalue weighted by Crippen LogP contribution is -2.32. The van der Waals surface area contributed by atoms with Crippen molar-refractivity contribution >= 4 is 40.3 Å². The Labute approximate surface area is 269 Å². The fourth-order valence-corrected chi connectivity index (χ4v) is 5.66. The summed E-state index contributed by atoms with van der Waals surface area (Å²) >= 11 is 6.69. The highest BCUT2D eigenvalue weighted by atomic mass is 35.5. The van der Waals surface area contributed by atoms with E-state index in [0.29, 0.717) is 40.7 Å². The Kier molecular flexibility index (Phi) is 9.06. The Morgan fingerprint density at radius 2 is 1.83 bits per heavy atom. The first kappa shape index (κ1) is 32.3. The number of carbonyl (C=O) groups is 1. The number of fused-ring (bicyclic) bond motifs is 1. The second kappa shape index (κ2) is 13.2. The number of halogens is 7. The van der Waals surface area contributed by atoms with Crippen LogP contribution >= 0.6 is 11.6 Å².